The molecule has 0 saturated carbocycles. The number of fused-ring (bicyclic) bond motifs is 1. The SMILES string of the molecule is COC(C)CNS(=O)(=O)c1c(N)nc2ccccn12. The van der Waals surface area contributed by atoms with Crippen molar-refractivity contribution in [2.75, 3.05) is 19.4 Å². The predicted molar refractivity (Wildman–Crippen MR) is 71.3 cm³/mol. The number of hydrogen-bond donors (Lipinski definition) is 2. The van der Waals surface area contributed by atoms with Crippen molar-refractivity contribution in [1.82, 2.24) is 14.1 Å². The molecule has 2 aromatic heterocycles. The number of nitrogens with two attached hydrogens (primary N) is 1. The third-order valence-corrected chi connectivity index (χ3v) is 4.19. The summed E-state index contributed by atoms with van der Waals surface area (Å²) in [5.74, 6) is -0.0243. The standard InChI is InChI=1S/C11H16N4O3S/c1-8(18-2)7-13-19(16,17)11-10(12)14-9-5-3-4-6-15(9)11/h3-6,8,13H,7,12H2,1-2H3. The van der Waals surface area contributed by atoms with E-state index in [1.165, 1.54) is 11.5 Å². The predicted octanol–water partition coefficient (Wildman–Crippen LogP) is 0.230. The number of imidazole rings is 1. The van der Waals surface area contributed by atoms with Gasteiger partial charge in [0.2, 0.25) is 0 Å². The second-order valence-corrected chi connectivity index (χ2v) is 5.81. The van der Waals surface area contributed by atoms with Crippen LogP contribution in [0.15, 0.2) is 29.4 Å². The summed E-state index contributed by atoms with van der Waals surface area (Å²) in [6.45, 7) is 1.93. The number of methoxy groups -OCH3 is 1. The lowest BCUT2D eigenvalue weighted by Gasteiger charge is -2.11. The molecule has 1 unspecified atom stereocenters. The topological polar surface area (TPSA) is 98.7 Å². The Hall–Kier alpha value is -1.64. The monoisotopic (exact) mass is 284 g/mol. The highest BCUT2D eigenvalue weighted by molar-refractivity contribution is 7.89. The van der Waals surface area contributed by atoms with Crippen molar-refractivity contribution in [3.8, 4) is 0 Å². The van der Waals surface area contributed by atoms with Crippen LogP contribution in [-0.4, -0.2) is 37.6 Å². The Bertz CT molecular complexity index is 680. The van der Waals surface area contributed by atoms with E-state index in [0.29, 0.717) is 5.65 Å². The molecular weight excluding hydrogens is 268 g/mol. The second-order valence-electron chi connectivity index (χ2n) is 4.13. The van der Waals surface area contributed by atoms with Crippen molar-refractivity contribution < 1.29 is 13.2 Å². The van der Waals surface area contributed by atoms with Gasteiger partial charge in [0, 0.05) is 19.9 Å². The lowest BCUT2D eigenvalue weighted by atomic mass is 10.4. The van der Waals surface area contributed by atoms with Crippen LogP contribution < -0.4 is 10.5 Å². The summed E-state index contributed by atoms with van der Waals surface area (Å²) in [6, 6.07) is 5.16. The van der Waals surface area contributed by atoms with Gasteiger partial charge in [-0.05, 0) is 19.1 Å². The Morgan fingerprint density at radius 3 is 2.95 bits per heavy atom. The van der Waals surface area contributed by atoms with Crippen LogP contribution in [0.2, 0.25) is 0 Å². The van der Waals surface area contributed by atoms with Gasteiger partial charge < -0.3 is 10.5 Å². The summed E-state index contributed by atoms with van der Waals surface area (Å²) < 4.78 is 33.4. The third-order valence-electron chi connectivity index (χ3n) is 2.73. The fourth-order valence-electron chi connectivity index (χ4n) is 1.64. The highest BCUT2D eigenvalue weighted by Gasteiger charge is 2.23. The zero-order valence-electron chi connectivity index (χ0n) is 10.7. The van der Waals surface area contributed by atoms with Gasteiger partial charge in [0.05, 0.1) is 6.10 Å². The quantitative estimate of drug-likeness (QED) is 0.819. The van der Waals surface area contributed by atoms with Crippen LogP contribution in [-0.2, 0) is 14.8 Å². The van der Waals surface area contributed by atoms with Crippen molar-refractivity contribution in [2.45, 2.75) is 18.1 Å². The Balaban J connectivity index is 2.40. The van der Waals surface area contributed by atoms with E-state index in [1.807, 2.05) is 0 Å². The molecule has 8 heteroatoms. The summed E-state index contributed by atoms with van der Waals surface area (Å²) >= 11 is 0. The molecule has 0 amide bonds. The highest BCUT2D eigenvalue weighted by Crippen LogP contribution is 2.19. The third kappa shape index (κ3) is 2.70. The average molecular weight is 284 g/mol. The summed E-state index contributed by atoms with van der Waals surface area (Å²) in [5.41, 5.74) is 6.18. The molecule has 0 aliphatic rings. The lowest BCUT2D eigenvalue weighted by Crippen LogP contribution is -2.32. The molecule has 0 aliphatic carbocycles. The maximum absolute atomic E-state index is 12.2. The molecule has 0 spiro atoms. The number of nitrogen functional groups attached to an aromatic ring is 1. The molecule has 0 saturated heterocycles. The van der Waals surface area contributed by atoms with Gasteiger partial charge in [-0.3, -0.25) is 4.40 Å². The summed E-state index contributed by atoms with van der Waals surface area (Å²) in [4.78, 5) is 4.02. The average Bonchev–Trinajstić information content (AvgIpc) is 2.72. The second kappa shape index (κ2) is 5.16. The number of ether oxygens (including phenoxy) is 1. The Labute approximate surface area is 111 Å². The van der Waals surface area contributed by atoms with E-state index in [-0.39, 0.29) is 23.5 Å². The zero-order valence-corrected chi connectivity index (χ0v) is 11.5. The van der Waals surface area contributed by atoms with E-state index in [4.69, 9.17) is 10.5 Å². The van der Waals surface area contributed by atoms with Crippen molar-refractivity contribution in [3.05, 3.63) is 24.4 Å². The lowest BCUT2D eigenvalue weighted by molar-refractivity contribution is 0.122. The van der Waals surface area contributed by atoms with E-state index in [9.17, 15) is 8.42 Å². The van der Waals surface area contributed by atoms with E-state index in [0.717, 1.165) is 0 Å². The van der Waals surface area contributed by atoms with Crippen molar-refractivity contribution in [1.29, 1.82) is 0 Å². The van der Waals surface area contributed by atoms with Crippen LogP contribution in [0.5, 0.6) is 0 Å². The number of hydrogen-bond acceptors (Lipinski definition) is 5. The number of anilines is 1. The maximum Gasteiger partial charge on any atom is 0.260 e. The van der Waals surface area contributed by atoms with E-state index < -0.39 is 10.0 Å². The molecule has 3 N–H and O–H groups in total. The molecule has 1 atom stereocenters. The van der Waals surface area contributed by atoms with E-state index >= 15 is 0 Å². The number of rotatable bonds is 5. The van der Waals surface area contributed by atoms with Gasteiger partial charge >= 0.3 is 0 Å². The summed E-state index contributed by atoms with van der Waals surface area (Å²) in [6.07, 6.45) is 1.38. The first-order chi connectivity index (χ1) is 8.95. The van der Waals surface area contributed by atoms with Gasteiger partial charge in [0.25, 0.3) is 10.0 Å². The van der Waals surface area contributed by atoms with Crippen LogP contribution in [0, 0.1) is 0 Å². The Kier molecular flexibility index (Phi) is 3.74. The molecule has 2 aromatic rings. The zero-order chi connectivity index (χ0) is 14.0. The summed E-state index contributed by atoms with van der Waals surface area (Å²) in [7, 11) is -2.22. The van der Waals surface area contributed by atoms with Gasteiger partial charge in [0.15, 0.2) is 10.8 Å². The molecule has 2 rings (SSSR count). The van der Waals surface area contributed by atoms with Crippen LogP contribution in [0.25, 0.3) is 5.65 Å². The van der Waals surface area contributed by atoms with Crippen LogP contribution >= 0.6 is 0 Å². The number of sulfonamides is 1. The van der Waals surface area contributed by atoms with E-state index in [1.54, 1.807) is 31.3 Å². The molecule has 0 radical (unpaired) electrons. The number of aromatic nitrogens is 2. The normalized spacial score (nSPS) is 13.8. The van der Waals surface area contributed by atoms with Crippen LogP contribution in [0.3, 0.4) is 0 Å². The van der Waals surface area contributed by atoms with Crippen LogP contribution in [0.4, 0.5) is 5.82 Å². The maximum atomic E-state index is 12.2. The smallest absolute Gasteiger partial charge is 0.260 e. The Morgan fingerprint density at radius 2 is 2.26 bits per heavy atom. The summed E-state index contributed by atoms with van der Waals surface area (Å²) in [5, 5.41) is -0.0496. The van der Waals surface area contributed by atoms with E-state index in [2.05, 4.69) is 9.71 Å². The van der Waals surface area contributed by atoms with Gasteiger partial charge in [0.1, 0.15) is 5.65 Å². The Morgan fingerprint density at radius 1 is 1.53 bits per heavy atom. The molecule has 0 aliphatic heterocycles. The number of nitrogens with zero attached hydrogens (tertiary/aromatic N) is 2. The molecule has 0 aromatic carbocycles. The molecule has 7 nitrogen and oxygen atoms in total. The minimum absolute atomic E-state index is 0.0243. The molecule has 0 fully saturated rings. The van der Waals surface area contributed by atoms with Crippen molar-refractivity contribution >= 4 is 21.5 Å². The highest BCUT2D eigenvalue weighted by atomic mass is 32.2. The minimum Gasteiger partial charge on any atom is -0.381 e. The first kappa shape index (κ1) is 13.8. The molecule has 0 bridgehead atoms. The number of pyridine rings is 1. The minimum atomic E-state index is -3.73. The van der Waals surface area contributed by atoms with Crippen molar-refractivity contribution in [2.24, 2.45) is 0 Å². The van der Waals surface area contributed by atoms with Gasteiger partial charge in [-0.15, -0.1) is 0 Å². The van der Waals surface area contributed by atoms with Gasteiger partial charge in [-0.1, -0.05) is 6.07 Å². The fraction of sp³-hybridized carbons (Fsp3) is 0.364. The fourth-order valence-corrected chi connectivity index (χ4v) is 2.96. The molecular formula is C11H16N4O3S. The number of nitrogens with one attached hydrogen (secondary N) is 1. The van der Waals surface area contributed by atoms with Crippen molar-refractivity contribution in [3.63, 3.8) is 0 Å². The van der Waals surface area contributed by atoms with Gasteiger partial charge in [-0.25, -0.2) is 18.1 Å². The molecule has 19 heavy (non-hydrogen) atoms. The van der Waals surface area contributed by atoms with Crippen LogP contribution in [0.1, 0.15) is 6.92 Å². The first-order valence-electron chi connectivity index (χ1n) is 5.70. The molecule has 2 heterocycles. The van der Waals surface area contributed by atoms with Gasteiger partial charge in [-0.2, -0.15) is 0 Å². The molecule has 104 valence electrons. The largest absolute Gasteiger partial charge is 0.381 e. The first-order valence-corrected chi connectivity index (χ1v) is 7.19.